The van der Waals surface area contributed by atoms with Crippen molar-refractivity contribution >= 4 is 29.1 Å². The van der Waals surface area contributed by atoms with E-state index in [1.54, 1.807) is 11.3 Å². The number of piperidine rings is 1. The molecule has 0 radical (unpaired) electrons. The number of nitrogens with one attached hydrogen (secondary N) is 1. The zero-order valence-corrected chi connectivity index (χ0v) is 15.9. The van der Waals surface area contributed by atoms with Crippen molar-refractivity contribution in [3.63, 3.8) is 0 Å². The molecule has 1 aromatic rings. The number of likely N-dealkylation sites (tertiary alicyclic amines) is 1. The lowest BCUT2D eigenvalue weighted by Crippen LogP contribution is -2.45. The van der Waals surface area contributed by atoms with Crippen LogP contribution in [0.3, 0.4) is 0 Å². The highest BCUT2D eigenvalue weighted by atomic mass is 32.2. The zero-order valence-electron chi connectivity index (χ0n) is 14.2. The molecule has 4 nitrogen and oxygen atoms in total. The first-order valence-corrected chi connectivity index (χ1v) is 10.1. The fourth-order valence-electron chi connectivity index (χ4n) is 2.74. The number of carbonyl (C=O) groups excluding carboxylic acids is 1. The Kier molecular flexibility index (Phi) is 6.80. The fourth-order valence-corrected chi connectivity index (χ4v) is 4.36. The number of aliphatic hydroxyl groups is 1. The van der Waals surface area contributed by atoms with Crippen molar-refractivity contribution in [2.24, 2.45) is 5.92 Å². The SMILES string of the molecule is CC(C)(C)SCCNC(=O)N1CCC([C@H](O)c2cccs2)CC1. The number of aliphatic hydroxyl groups excluding tert-OH is 1. The van der Waals surface area contributed by atoms with Gasteiger partial charge in [-0.05, 0) is 30.2 Å². The summed E-state index contributed by atoms with van der Waals surface area (Å²) < 4.78 is 0.237. The second-order valence-electron chi connectivity index (χ2n) is 6.98. The van der Waals surface area contributed by atoms with Gasteiger partial charge in [0.25, 0.3) is 0 Å². The Bertz CT molecular complexity index is 477. The predicted octanol–water partition coefficient (Wildman–Crippen LogP) is 3.73. The number of carbonyl (C=O) groups is 1. The molecule has 1 aliphatic heterocycles. The van der Waals surface area contributed by atoms with E-state index in [9.17, 15) is 9.90 Å². The minimum Gasteiger partial charge on any atom is -0.387 e. The number of hydrogen-bond acceptors (Lipinski definition) is 4. The minimum absolute atomic E-state index is 0.0311. The Hall–Kier alpha value is -0.720. The lowest BCUT2D eigenvalue weighted by atomic mass is 9.90. The van der Waals surface area contributed by atoms with Crippen LogP contribution in [-0.2, 0) is 0 Å². The van der Waals surface area contributed by atoms with Gasteiger partial charge >= 0.3 is 6.03 Å². The van der Waals surface area contributed by atoms with E-state index in [1.165, 1.54) is 0 Å². The quantitative estimate of drug-likeness (QED) is 0.790. The van der Waals surface area contributed by atoms with Gasteiger partial charge in [0.2, 0.25) is 0 Å². The second-order valence-corrected chi connectivity index (χ2v) is 9.88. The maximum absolute atomic E-state index is 12.2. The number of nitrogens with zero attached hydrogens (tertiary/aromatic N) is 1. The minimum atomic E-state index is -0.386. The van der Waals surface area contributed by atoms with Crippen molar-refractivity contribution in [2.45, 2.75) is 44.5 Å². The van der Waals surface area contributed by atoms with Crippen LogP contribution in [-0.4, -0.2) is 46.2 Å². The van der Waals surface area contributed by atoms with Crippen LogP contribution >= 0.6 is 23.1 Å². The van der Waals surface area contributed by atoms with Gasteiger partial charge in [-0.2, -0.15) is 11.8 Å². The lowest BCUT2D eigenvalue weighted by molar-refractivity contribution is 0.0691. The molecule has 2 rings (SSSR count). The number of rotatable bonds is 5. The maximum Gasteiger partial charge on any atom is 0.317 e. The molecule has 6 heteroatoms. The normalized spacial score (nSPS) is 18.0. The molecule has 0 aromatic carbocycles. The van der Waals surface area contributed by atoms with Crippen LogP contribution in [0.15, 0.2) is 17.5 Å². The van der Waals surface area contributed by atoms with Crippen LogP contribution in [0.25, 0.3) is 0 Å². The van der Waals surface area contributed by atoms with Crippen LogP contribution in [0.2, 0.25) is 0 Å². The van der Waals surface area contributed by atoms with Gasteiger partial charge in [0, 0.05) is 35.0 Å². The summed E-state index contributed by atoms with van der Waals surface area (Å²) in [4.78, 5) is 15.1. The van der Waals surface area contributed by atoms with Crippen molar-refractivity contribution < 1.29 is 9.90 Å². The molecule has 1 aliphatic rings. The third kappa shape index (κ3) is 6.01. The molecule has 2 N–H and O–H groups in total. The Labute approximate surface area is 147 Å². The Morgan fingerprint density at radius 2 is 2.17 bits per heavy atom. The number of thiophene rings is 1. The van der Waals surface area contributed by atoms with Gasteiger partial charge in [-0.3, -0.25) is 0 Å². The molecule has 0 saturated carbocycles. The number of thioether (sulfide) groups is 1. The zero-order chi connectivity index (χ0) is 16.9. The number of amides is 2. The Morgan fingerprint density at radius 3 is 2.74 bits per heavy atom. The highest BCUT2D eigenvalue weighted by Crippen LogP contribution is 2.32. The summed E-state index contributed by atoms with van der Waals surface area (Å²) in [5.74, 6) is 1.19. The molecule has 1 fully saturated rings. The summed E-state index contributed by atoms with van der Waals surface area (Å²) in [6.45, 7) is 8.71. The van der Waals surface area contributed by atoms with Crippen molar-refractivity contribution in [3.8, 4) is 0 Å². The van der Waals surface area contributed by atoms with Crippen LogP contribution in [0.5, 0.6) is 0 Å². The van der Waals surface area contributed by atoms with Gasteiger partial charge in [0.1, 0.15) is 0 Å². The highest BCUT2D eigenvalue weighted by molar-refractivity contribution is 8.00. The second kappa shape index (κ2) is 8.40. The van der Waals surface area contributed by atoms with Gasteiger partial charge in [-0.25, -0.2) is 4.79 Å². The number of hydrogen-bond donors (Lipinski definition) is 2. The third-order valence-corrected chi connectivity index (χ3v) is 6.24. The van der Waals surface area contributed by atoms with Gasteiger partial charge < -0.3 is 15.3 Å². The summed E-state index contributed by atoms with van der Waals surface area (Å²) in [5, 5.41) is 15.4. The summed E-state index contributed by atoms with van der Waals surface area (Å²) in [6, 6.07) is 3.99. The molecule has 2 amide bonds. The molecule has 0 spiro atoms. The van der Waals surface area contributed by atoms with E-state index in [0.29, 0.717) is 6.54 Å². The monoisotopic (exact) mass is 356 g/mol. The third-order valence-electron chi connectivity index (χ3n) is 4.02. The molecule has 0 unspecified atom stereocenters. The predicted molar refractivity (Wildman–Crippen MR) is 99.2 cm³/mol. The van der Waals surface area contributed by atoms with E-state index in [-0.39, 0.29) is 22.8 Å². The molecule has 2 heterocycles. The molecule has 0 aliphatic carbocycles. The summed E-state index contributed by atoms with van der Waals surface area (Å²) in [6.07, 6.45) is 1.34. The molecule has 0 bridgehead atoms. The van der Waals surface area contributed by atoms with E-state index in [2.05, 4.69) is 26.1 Å². The van der Waals surface area contributed by atoms with E-state index in [0.717, 1.165) is 36.6 Å². The fraction of sp³-hybridized carbons (Fsp3) is 0.706. The van der Waals surface area contributed by atoms with Crippen molar-refractivity contribution in [1.29, 1.82) is 0 Å². The maximum atomic E-state index is 12.2. The average Bonchev–Trinajstić information content (AvgIpc) is 3.04. The molecule has 1 aromatic heterocycles. The summed E-state index contributed by atoms with van der Waals surface area (Å²) in [5.41, 5.74) is 0. The van der Waals surface area contributed by atoms with E-state index >= 15 is 0 Å². The first-order valence-electron chi connectivity index (χ1n) is 8.25. The van der Waals surface area contributed by atoms with Crippen molar-refractivity contribution in [2.75, 3.05) is 25.4 Å². The van der Waals surface area contributed by atoms with Crippen molar-refractivity contribution in [3.05, 3.63) is 22.4 Å². The molecule has 130 valence electrons. The van der Waals surface area contributed by atoms with Gasteiger partial charge in [0.15, 0.2) is 0 Å². The lowest BCUT2D eigenvalue weighted by Gasteiger charge is -2.34. The first-order chi connectivity index (χ1) is 10.9. The van der Waals surface area contributed by atoms with Gasteiger partial charge in [-0.1, -0.05) is 26.8 Å². The average molecular weight is 357 g/mol. The standard InChI is InChI=1S/C17H28N2O2S2/c1-17(2,3)23-12-8-18-16(21)19-9-6-13(7-10-19)15(20)14-5-4-11-22-14/h4-5,11,13,15,20H,6-10,12H2,1-3H3,(H,18,21)/t15-/m0/s1. The highest BCUT2D eigenvalue weighted by Gasteiger charge is 2.28. The number of urea groups is 1. The molecular formula is C17H28N2O2S2. The van der Waals surface area contributed by atoms with Crippen molar-refractivity contribution in [1.82, 2.24) is 10.2 Å². The first kappa shape index (κ1) is 18.6. The van der Waals surface area contributed by atoms with Crippen LogP contribution < -0.4 is 5.32 Å². The smallest absolute Gasteiger partial charge is 0.317 e. The van der Waals surface area contributed by atoms with E-state index in [1.807, 2.05) is 34.2 Å². The van der Waals surface area contributed by atoms with Crippen LogP contribution in [0.4, 0.5) is 4.79 Å². The Balaban J connectivity index is 1.68. The molecule has 23 heavy (non-hydrogen) atoms. The van der Waals surface area contributed by atoms with E-state index < -0.39 is 0 Å². The Morgan fingerprint density at radius 1 is 1.48 bits per heavy atom. The topological polar surface area (TPSA) is 52.6 Å². The largest absolute Gasteiger partial charge is 0.387 e. The molecular weight excluding hydrogens is 328 g/mol. The van der Waals surface area contributed by atoms with Gasteiger partial charge in [-0.15, -0.1) is 11.3 Å². The van der Waals surface area contributed by atoms with Crippen LogP contribution in [0, 0.1) is 5.92 Å². The summed E-state index contributed by atoms with van der Waals surface area (Å²) in [7, 11) is 0. The summed E-state index contributed by atoms with van der Waals surface area (Å²) >= 11 is 3.46. The van der Waals surface area contributed by atoms with Gasteiger partial charge in [0.05, 0.1) is 6.10 Å². The molecule has 1 atom stereocenters. The molecule has 1 saturated heterocycles. The van der Waals surface area contributed by atoms with Crippen LogP contribution in [0.1, 0.15) is 44.6 Å². The van der Waals surface area contributed by atoms with E-state index in [4.69, 9.17) is 0 Å².